The third-order valence-electron chi connectivity index (χ3n) is 4.39. The van der Waals surface area contributed by atoms with Crippen molar-refractivity contribution < 1.29 is 29.0 Å². The minimum Gasteiger partial charge on any atom is -0.468 e. The van der Waals surface area contributed by atoms with Gasteiger partial charge in [-0.05, 0) is 18.6 Å². The molecule has 2 rings (SSSR count). The summed E-state index contributed by atoms with van der Waals surface area (Å²) >= 11 is 6.23. The molecule has 0 aromatic heterocycles. The normalized spacial score (nSPS) is 20.3. The average Bonchev–Trinajstić information content (AvgIpc) is 2.64. The van der Waals surface area contributed by atoms with Crippen molar-refractivity contribution in [3.8, 4) is 0 Å². The van der Waals surface area contributed by atoms with Crippen molar-refractivity contribution in [1.82, 2.24) is 4.90 Å². The third-order valence-corrected chi connectivity index (χ3v) is 4.73. The monoisotopic (exact) mass is 383 g/mol. The van der Waals surface area contributed by atoms with E-state index in [0.29, 0.717) is 10.6 Å². The van der Waals surface area contributed by atoms with Crippen molar-refractivity contribution >= 4 is 29.3 Å². The average molecular weight is 384 g/mol. The highest BCUT2D eigenvalue weighted by Crippen LogP contribution is 2.32. The van der Waals surface area contributed by atoms with Gasteiger partial charge in [-0.2, -0.15) is 0 Å². The van der Waals surface area contributed by atoms with E-state index in [-0.39, 0.29) is 31.9 Å². The summed E-state index contributed by atoms with van der Waals surface area (Å²) in [5.74, 6) is -2.60. The van der Waals surface area contributed by atoms with Crippen molar-refractivity contribution in [3.63, 3.8) is 0 Å². The van der Waals surface area contributed by atoms with Gasteiger partial charge in [-0.25, -0.2) is 9.59 Å². The van der Waals surface area contributed by atoms with Gasteiger partial charge in [0.05, 0.1) is 19.6 Å². The fourth-order valence-electron chi connectivity index (χ4n) is 3.07. The molecular formula is C18H22ClNO6. The van der Waals surface area contributed by atoms with Gasteiger partial charge < -0.3 is 14.6 Å². The van der Waals surface area contributed by atoms with Crippen molar-refractivity contribution in [2.75, 3.05) is 26.8 Å². The van der Waals surface area contributed by atoms with Crippen LogP contribution >= 0.6 is 11.6 Å². The Hall–Kier alpha value is -1.96. The Morgan fingerprint density at radius 1 is 1.35 bits per heavy atom. The first kappa shape index (κ1) is 20.4. The lowest BCUT2D eigenvalue weighted by molar-refractivity contribution is -0.162. The van der Waals surface area contributed by atoms with Crippen LogP contribution in [-0.4, -0.2) is 60.6 Å². The number of ketones is 1. The second-order valence-corrected chi connectivity index (χ2v) is 6.37. The zero-order valence-corrected chi connectivity index (χ0v) is 15.4. The van der Waals surface area contributed by atoms with E-state index < -0.39 is 30.0 Å². The molecule has 2 unspecified atom stereocenters. The molecule has 7 nitrogen and oxygen atoms in total. The van der Waals surface area contributed by atoms with Gasteiger partial charge in [0.15, 0.2) is 6.10 Å². The number of esters is 2. The second-order valence-electron chi connectivity index (χ2n) is 5.96. The molecule has 0 amide bonds. The van der Waals surface area contributed by atoms with Gasteiger partial charge in [0, 0.05) is 24.5 Å². The van der Waals surface area contributed by atoms with Gasteiger partial charge in [0.2, 0.25) is 0 Å². The molecule has 1 aromatic rings. The Labute approximate surface area is 156 Å². The third kappa shape index (κ3) is 4.41. The lowest BCUT2D eigenvalue weighted by Gasteiger charge is -2.37. The number of hydrogen-bond donors (Lipinski definition) is 1. The van der Waals surface area contributed by atoms with Crippen LogP contribution in [0.15, 0.2) is 24.3 Å². The summed E-state index contributed by atoms with van der Waals surface area (Å²) in [6.07, 6.45) is -1.48. The zero-order valence-electron chi connectivity index (χ0n) is 14.7. The van der Waals surface area contributed by atoms with Crippen molar-refractivity contribution in [2.45, 2.75) is 25.5 Å². The van der Waals surface area contributed by atoms with E-state index in [1.54, 1.807) is 36.1 Å². The van der Waals surface area contributed by atoms with Crippen molar-refractivity contribution in [1.29, 1.82) is 0 Å². The molecule has 0 bridgehead atoms. The smallest absolute Gasteiger partial charge is 0.335 e. The lowest BCUT2D eigenvalue weighted by Crippen LogP contribution is -2.51. The standard InChI is InChI=1S/C18H22ClNO6/c1-3-26-18(24)16(22)12-10-20(9-8-14(12)21)15(17(23)25-2)11-6-4-5-7-13(11)19/h4-7,12,15-16,22H,3,8-10H2,1-2H3/t12?,15-,16?/m0/s1. The Morgan fingerprint density at radius 2 is 2.04 bits per heavy atom. The predicted molar refractivity (Wildman–Crippen MR) is 93.5 cm³/mol. The number of aliphatic hydroxyl groups is 1. The van der Waals surface area contributed by atoms with Crippen LogP contribution in [0.3, 0.4) is 0 Å². The van der Waals surface area contributed by atoms with E-state index in [1.165, 1.54) is 7.11 Å². The number of benzene rings is 1. The highest BCUT2D eigenvalue weighted by molar-refractivity contribution is 6.31. The largest absolute Gasteiger partial charge is 0.468 e. The number of carbonyl (C=O) groups is 3. The number of hydrogen-bond acceptors (Lipinski definition) is 7. The van der Waals surface area contributed by atoms with Gasteiger partial charge in [0.1, 0.15) is 11.8 Å². The Morgan fingerprint density at radius 3 is 2.65 bits per heavy atom. The quantitative estimate of drug-likeness (QED) is 0.741. The molecule has 1 aliphatic heterocycles. The fraction of sp³-hybridized carbons (Fsp3) is 0.500. The highest BCUT2D eigenvalue weighted by Gasteiger charge is 2.41. The molecule has 8 heteroatoms. The molecule has 1 fully saturated rings. The number of piperidine rings is 1. The van der Waals surface area contributed by atoms with E-state index in [1.807, 2.05) is 0 Å². The van der Waals surface area contributed by atoms with Gasteiger partial charge in [-0.15, -0.1) is 0 Å². The zero-order chi connectivity index (χ0) is 19.3. The highest BCUT2D eigenvalue weighted by atomic mass is 35.5. The topological polar surface area (TPSA) is 93.1 Å². The maximum absolute atomic E-state index is 12.4. The van der Waals surface area contributed by atoms with E-state index in [9.17, 15) is 19.5 Å². The van der Waals surface area contributed by atoms with Gasteiger partial charge in [-0.1, -0.05) is 29.8 Å². The fourth-order valence-corrected chi connectivity index (χ4v) is 3.31. The summed E-state index contributed by atoms with van der Waals surface area (Å²) in [7, 11) is 1.27. The minimum atomic E-state index is -1.57. The molecule has 3 atom stereocenters. The molecular weight excluding hydrogens is 362 g/mol. The first-order chi connectivity index (χ1) is 12.4. The Bertz CT molecular complexity index is 679. The maximum atomic E-state index is 12.4. The van der Waals surface area contributed by atoms with Crippen LogP contribution in [0.25, 0.3) is 0 Å². The molecule has 142 valence electrons. The summed E-state index contributed by atoms with van der Waals surface area (Å²) < 4.78 is 9.71. The summed E-state index contributed by atoms with van der Waals surface area (Å²) in [6, 6.07) is 6.02. The summed E-state index contributed by atoms with van der Waals surface area (Å²) in [4.78, 5) is 38.1. The van der Waals surface area contributed by atoms with Crippen LogP contribution in [0.1, 0.15) is 24.9 Å². The lowest BCUT2D eigenvalue weighted by atomic mass is 9.89. The van der Waals surface area contributed by atoms with Crippen LogP contribution in [0.4, 0.5) is 0 Å². The molecule has 1 heterocycles. The summed E-state index contributed by atoms with van der Waals surface area (Å²) in [5.41, 5.74) is 0.541. The molecule has 1 aliphatic rings. The van der Waals surface area contributed by atoms with Crippen LogP contribution in [0.2, 0.25) is 5.02 Å². The number of aliphatic hydroxyl groups excluding tert-OH is 1. The van der Waals surface area contributed by atoms with E-state index in [4.69, 9.17) is 21.1 Å². The molecule has 1 N–H and O–H groups in total. The van der Waals surface area contributed by atoms with Gasteiger partial charge in [-0.3, -0.25) is 9.69 Å². The van der Waals surface area contributed by atoms with E-state index >= 15 is 0 Å². The Kier molecular flexibility index (Phi) is 7.14. The van der Waals surface area contributed by atoms with Crippen molar-refractivity contribution in [2.24, 2.45) is 5.92 Å². The van der Waals surface area contributed by atoms with Crippen LogP contribution in [0, 0.1) is 5.92 Å². The number of rotatable bonds is 6. The van der Waals surface area contributed by atoms with E-state index in [2.05, 4.69) is 0 Å². The van der Waals surface area contributed by atoms with Crippen molar-refractivity contribution in [3.05, 3.63) is 34.9 Å². The number of methoxy groups -OCH3 is 1. The van der Waals surface area contributed by atoms with Crippen LogP contribution < -0.4 is 0 Å². The molecule has 1 aromatic carbocycles. The number of ether oxygens (including phenoxy) is 2. The molecule has 0 spiro atoms. The molecule has 26 heavy (non-hydrogen) atoms. The number of Topliss-reactive ketones (excluding diaryl/α,β-unsaturated/α-hetero) is 1. The first-order valence-electron chi connectivity index (χ1n) is 8.34. The van der Waals surface area contributed by atoms with E-state index in [0.717, 1.165) is 0 Å². The number of halogens is 1. The minimum absolute atomic E-state index is 0.0177. The van der Waals surface area contributed by atoms with Crippen LogP contribution in [-0.2, 0) is 23.9 Å². The first-order valence-corrected chi connectivity index (χ1v) is 8.72. The Balaban J connectivity index is 2.29. The van der Waals surface area contributed by atoms with Gasteiger partial charge in [0.25, 0.3) is 0 Å². The maximum Gasteiger partial charge on any atom is 0.335 e. The number of likely N-dealkylation sites (tertiary alicyclic amines) is 1. The summed E-state index contributed by atoms with van der Waals surface area (Å²) in [6.45, 7) is 2.02. The molecule has 0 radical (unpaired) electrons. The molecule has 0 aliphatic carbocycles. The van der Waals surface area contributed by atoms with Crippen LogP contribution in [0.5, 0.6) is 0 Å². The number of nitrogens with zero attached hydrogens (tertiary/aromatic N) is 1. The SMILES string of the molecule is CCOC(=O)C(O)C1CN([C@H](C(=O)OC)c2ccccc2Cl)CCC1=O. The van der Waals surface area contributed by atoms with Gasteiger partial charge >= 0.3 is 11.9 Å². The molecule has 1 saturated heterocycles. The summed E-state index contributed by atoms with van der Waals surface area (Å²) in [5, 5.41) is 10.6. The second kappa shape index (κ2) is 9.12. The number of carbonyl (C=O) groups excluding carboxylic acids is 3. The molecule has 0 saturated carbocycles. The predicted octanol–water partition coefficient (Wildman–Crippen LogP) is 1.37.